The molecule has 0 radical (unpaired) electrons. The summed E-state index contributed by atoms with van der Waals surface area (Å²) in [7, 11) is 0. The number of hydrogen-bond acceptors (Lipinski definition) is 3. The zero-order valence-corrected chi connectivity index (χ0v) is 12.2. The first-order chi connectivity index (χ1) is 10.1. The number of aromatic amines is 1. The van der Waals surface area contributed by atoms with Gasteiger partial charge in [-0.25, -0.2) is 0 Å². The molecular formula is C16H20N4O. The summed E-state index contributed by atoms with van der Waals surface area (Å²) in [5.74, 6) is 0.00172. The number of hydrogen-bond donors (Lipinski definition) is 2. The number of nitrogens with zero attached hydrogens (tertiary/aromatic N) is 2. The van der Waals surface area contributed by atoms with Gasteiger partial charge >= 0.3 is 0 Å². The number of likely N-dealkylation sites (tertiary alicyclic amines) is 1. The molecule has 0 spiro atoms. The fourth-order valence-corrected chi connectivity index (χ4v) is 2.72. The van der Waals surface area contributed by atoms with Crippen LogP contribution in [0.4, 0.5) is 0 Å². The third kappa shape index (κ3) is 2.69. The number of nitrogens with two attached hydrogens (primary N) is 1. The second-order valence-electron chi connectivity index (χ2n) is 6.02. The lowest BCUT2D eigenvalue weighted by atomic mass is 9.90. The number of nitrogens with one attached hydrogen (secondary N) is 1. The molecule has 0 aliphatic carbocycles. The van der Waals surface area contributed by atoms with Crippen LogP contribution < -0.4 is 5.73 Å². The Morgan fingerprint density at radius 1 is 1.43 bits per heavy atom. The van der Waals surface area contributed by atoms with Crippen molar-refractivity contribution in [1.82, 2.24) is 15.1 Å². The Kier molecular flexibility index (Phi) is 3.51. The molecule has 2 aromatic rings. The maximum absolute atomic E-state index is 12.5. The van der Waals surface area contributed by atoms with Crippen molar-refractivity contribution in [1.29, 1.82) is 0 Å². The van der Waals surface area contributed by atoms with E-state index in [4.69, 9.17) is 5.73 Å². The molecule has 1 fully saturated rings. The molecule has 5 heteroatoms. The molecule has 3 N–H and O–H groups in total. The van der Waals surface area contributed by atoms with E-state index in [1.54, 1.807) is 0 Å². The monoisotopic (exact) mass is 284 g/mol. The van der Waals surface area contributed by atoms with Crippen molar-refractivity contribution in [2.45, 2.75) is 13.3 Å². The van der Waals surface area contributed by atoms with Crippen molar-refractivity contribution in [3.05, 3.63) is 42.1 Å². The number of rotatable bonds is 3. The Labute approximate surface area is 124 Å². The van der Waals surface area contributed by atoms with Gasteiger partial charge in [-0.1, -0.05) is 37.3 Å². The Morgan fingerprint density at radius 2 is 2.19 bits per heavy atom. The molecule has 5 nitrogen and oxygen atoms in total. The van der Waals surface area contributed by atoms with E-state index >= 15 is 0 Å². The minimum absolute atomic E-state index is 0.00172. The van der Waals surface area contributed by atoms with Gasteiger partial charge in [0.2, 0.25) is 0 Å². The molecule has 1 aromatic carbocycles. The van der Waals surface area contributed by atoms with Gasteiger partial charge in [-0.05, 0) is 24.4 Å². The van der Waals surface area contributed by atoms with E-state index in [0.29, 0.717) is 18.8 Å². The van der Waals surface area contributed by atoms with Gasteiger partial charge in [0, 0.05) is 18.7 Å². The van der Waals surface area contributed by atoms with E-state index in [0.717, 1.165) is 24.2 Å². The average Bonchev–Trinajstić information content (AvgIpc) is 3.15. The normalized spacial score (nSPS) is 21.7. The summed E-state index contributed by atoms with van der Waals surface area (Å²) < 4.78 is 0. The van der Waals surface area contributed by atoms with Gasteiger partial charge in [0.1, 0.15) is 5.69 Å². The number of carbonyl (C=O) groups is 1. The van der Waals surface area contributed by atoms with Crippen LogP contribution in [0.1, 0.15) is 23.8 Å². The summed E-state index contributed by atoms with van der Waals surface area (Å²) in [6.07, 6.45) is 0.953. The van der Waals surface area contributed by atoms with Crippen LogP contribution >= 0.6 is 0 Å². The number of amides is 1. The Hall–Kier alpha value is -2.14. The lowest BCUT2D eigenvalue weighted by molar-refractivity contribution is 0.0771. The largest absolute Gasteiger partial charge is 0.337 e. The second-order valence-corrected chi connectivity index (χ2v) is 6.02. The maximum Gasteiger partial charge on any atom is 0.271 e. The third-order valence-corrected chi connectivity index (χ3v) is 4.22. The molecule has 1 saturated heterocycles. The summed E-state index contributed by atoms with van der Waals surface area (Å²) in [6.45, 7) is 4.20. The number of carbonyl (C=O) groups excluding carboxylic acids is 1. The average molecular weight is 284 g/mol. The minimum atomic E-state index is 0.00172. The van der Waals surface area contributed by atoms with Crippen molar-refractivity contribution in [2.24, 2.45) is 11.1 Å². The van der Waals surface area contributed by atoms with Crippen LogP contribution in [0.15, 0.2) is 36.4 Å². The molecule has 1 atom stereocenters. The minimum Gasteiger partial charge on any atom is -0.337 e. The van der Waals surface area contributed by atoms with Crippen molar-refractivity contribution >= 4 is 5.91 Å². The van der Waals surface area contributed by atoms with E-state index in [1.165, 1.54) is 0 Å². The molecule has 1 aromatic heterocycles. The van der Waals surface area contributed by atoms with E-state index in [-0.39, 0.29) is 11.3 Å². The number of benzene rings is 1. The van der Waals surface area contributed by atoms with Crippen molar-refractivity contribution < 1.29 is 4.79 Å². The molecular weight excluding hydrogens is 264 g/mol. The Morgan fingerprint density at radius 3 is 2.86 bits per heavy atom. The van der Waals surface area contributed by atoms with Gasteiger partial charge in [0.05, 0.1) is 5.69 Å². The highest BCUT2D eigenvalue weighted by molar-refractivity contribution is 5.93. The maximum atomic E-state index is 12.5. The van der Waals surface area contributed by atoms with Gasteiger partial charge in [-0.2, -0.15) is 5.10 Å². The van der Waals surface area contributed by atoms with E-state index in [9.17, 15) is 4.79 Å². The number of aromatic nitrogens is 2. The molecule has 1 amide bonds. The topological polar surface area (TPSA) is 75.0 Å². The molecule has 1 unspecified atom stereocenters. The molecule has 0 saturated carbocycles. The van der Waals surface area contributed by atoms with Gasteiger partial charge < -0.3 is 10.6 Å². The van der Waals surface area contributed by atoms with Gasteiger partial charge in [0.15, 0.2) is 0 Å². The highest BCUT2D eigenvalue weighted by atomic mass is 16.2. The molecule has 2 heterocycles. The van der Waals surface area contributed by atoms with Crippen LogP contribution in [0, 0.1) is 5.41 Å². The standard InChI is InChI=1S/C16H20N4O/c1-16(10-17)7-8-20(11-16)15(21)14-9-13(18-19-14)12-5-3-2-4-6-12/h2-6,9H,7-8,10-11,17H2,1H3,(H,18,19). The fourth-order valence-electron chi connectivity index (χ4n) is 2.72. The number of H-pyrrole nitrogens is 1. The van der Waals surface area contributed by atoms with Crippen LogP contribution in [0.5, 0.6) is 0 Å². The zero-order chi connectivity index (χ0) is 14.9. The van der Waals surface area contributed by atoms with Crippen LogP contribution in [-0.4, -0.2) is 40.6 Å². The van der Waals surface area contributed by atoms with Crippen molar-refractivity contribution in [3.8, 4) is 11.3 Å². The smallest absolute Gasteiger partial charge is 0.271 e. The first-order valence-corrected chi connectivity index (χ1v) is 7.21. The Bertz CT molecular complexity index is 637. The lowest BCUT2D eigenvalue weighted by Crippen LogP contribution is -2.34. The SMILES string of the molecule is CC1(CN)CCN(C(=O)c2cc(-c3ccccc3)n[nH]2)C1. The van der Waals surface area contributed by atoms with Gasteiger partial charge in [0.25, 0.3) is 5.91 Å². The second kappa shape index (κ2) is 5.33. The van der Waals surface area contributed by atoms with Crippen LogP contribution in [0.25, 0.3) is 11.3 Å². The van der Waals surface area contributed by atoms with Gasteiger partial charge in [-0.3, -0.25) is 9.89 Å². The quantitative estimate of drug-likeness (QED) is 0.903. The summed E-state index contributed by atoms with van der Waals surface area (Å²) in [4.78, 5) is 14.4. The predicted octanol–water partition coefficient (Wildman–Crippen LogP) is 1.89. The molecule has 1 aliphatic heterocycles. The summed E-state index contributed by atoms with van der Waals surface area (Å²) in [6, 6.07) is 11.6. The van der Waals surface area contributed by atoms with Crippen LogP contribution in [0.2, 0.25) is 0 Å². The molecule has 21 heavy (non-hydrogen) atoms. The summed E-state index contributed by atoms with van der Waals surface area (Å²) in [5.41, 5.74) is 8.16. The molecule has 3 rings (SSSR count). The van der Waals surface area contributed by atoms with E-state index in [2.05, 4.69) is 17.1 Å². The fraction of sp³-hybridized carbons (Fsp3) is 0.375. The lowest BCUT2D eigenvalue weighted by Gasteiger charge is -2.22. The molecule has 1 aliphatic rings. The van der Waals surface area contributed by atoms with E-state index in [1.807, 2.05) is 41.3 Å². The predicted molar refractivity (Wildman–Crippen MR) is 81.7 cm³/mol. The molecule has 110 valence electrons. The zero-order valence-electron chi connectivity index (χ0n) is 12.2. The van der Waals surface area contributed by atoms with Crippen molar-refractivity contribution in [3.63, 3.8) is 0 Å². The first-order valence-electron chi connectivity index (χ1n) is 7.21. The Balaban J connectivity index is 1.77. The van der Waals surface area contributed by atoms with E-state index < -0.39 is 0 Å². The highest BCUT2D eigenvalue weighted by Crippen LogP contribution is 2.29. The third-order valence-electron chi connectivity index (χ3n) is 4.22. The van der Waals surface area contributed by atoms with Crippen LogP contribution in [-0.2, 0) is 0 Å². The van der Waals surface area contributed by atoms with Crippen molar-refractivity contribution in [2.75, 3.05) is 19.6 Å². The van der Waals surface area contributed by atoms with Crippen LogP contribution in [0.3, 0.4) is 0 Å². The van der Waals surface area contributed by atoms with Gasteiger partial charge in [-0.15, -0.1) is 0 Å². The summed E-state index contributed by atoms with van der Waals surface area (Å²) in [5, 5.41) is 7.09. The highest BCUT2D eigenvalue weighted by Gasteiger charge is 2.35. The molecule has 0 bridgehead atoms. The first kappa shape index (κ1) is 13.8. The summed E-state index contributed by atoms with van der Waals surface area (Å²) >= 11 is 0.